The van der Waals surface area contributed by atoms with Gasteiger partial charge in [0.05, 0.1) is 16.0 Å². The van der Waals surface area contributed by atoms with Gasteiger partial charge in [-0.1, -0.05) is 31.4 Å². The van der Waals surface area contributed by atoms with Crippen molar-refractivity contribution >= 4 is 34.4 Å². The zero-order valence-corrected chi connectivity index (χ0v) is 13.2. The molecular formula is C13H24N2OS2. The smallest absolute Gasteiger partial charge is 0.131 e. The minimum Gasteiger partial charge on any atom is -0.378 e. The number of likely N-dealkylation sites (N-methyl/N-ethyl adjacent to an activating group) is 1. The lowest BCUT2D eigenvalue weighted by Crippen LogP contribution is -2.53. The van der Waals surface area contributed by atoms with E-state index >= 15 is 0 Å². The first-order chi connectivity index (χ1) is 8.61. The zero-order valence-electron chi connectivity index (χ0n) is 11.6. The van der Waals surface area contributed by atoms with Crippen LogP contribution in [0.2, 0.25) is 0 Å². The Labute approximate surface area is 121 Å². The molecule has 0 bridgehead atoms. The zero-order chi connectivity index (χ0) is 13.5. The Kier molecular flexibility index (Phi) is 7.04. The van der Waals surface area contributed by atoms with Crippen LogP contribution < -0.4 is 5.32 Å². The molecule has 0 amide bonds. The number of ether oxygens (including phenoxy) is 1. The fraction of sp³-hybridized carbons (Fsp3) is 0.846. The molecule has 0 radical (unpaired) electrons. The van der Waals surface area contributed by atoms with E-state index in [1.165, 1.54) is 6.42 Å². The van der Waals surface area contributed by atoms with Crippen LogP contribution in [0, 0.1) is 0 Å². The van der Waals surface area contributed by atoms with Gasteiger partial charge >= 0.3 is 0 Å². The molecular weight excluding hydrogens is 264 g/mol. The molecule has 5 heteroatoms. The van der Waals surface area contributed by atoms with Crippen LogP contribution in [0.15, 0.2) is 0 Å². The molecule has 1 rings (SSSR count). The molecule has 2 unspecified atom stereocenters. The van der Waals surface area contributed by atoms with E-state index in [0.717, 1.165) is 42.4 Å². The van der Waals surface area contributed by atoms with Gasteiger partial charge in [-0.05, 0) is 39.5 Å². The maximum atomic E-state index is 5.86. The van der Waals surface area contributed by atoms with Gasteiger partial charge in [0.2, 0.25) is 0 Å². The summed E-state index contributed by atoms with van der Waals surface area (Å²) in [4.78, 5) is 3.92. The summed E-state index contributed by atoms with van der Waals surface area (Å²) in [7, 11) is 0. The van der Waals surface area contributed by atoms with Crippen LogP contribution in [-0.2, 0) is 4.74 Å². The van der Waals surface area contributed by atoms with Crippen molar-refractivity contribution in [3.8, 4) is 0 Å². The number of thiocarbonyl (C=S) groups is 2. The number of rotatable bonds is 5. The maximum Gasteiger partial charge on any atom is 0.131 e. The van der Waals surface area contributed by atoms with Crippen LogP contribution in [0.3, 0.4) is 0 Å². The molecule has 0 saturated carbocycles. The summed E-state index contributed by atoms with van der Waals surface area (Å²) in [5.41, 5.74) is 0. The molecule has 0 aromatic heterocycles. The molecule has 1 heterocycles. The molecule has 1 N–H and O–H groups in total. The van der Waals surface area contributed by atoms with Crippen molar-refractivity contribution < 1.29 is 4.74 Å². The van der Waals surface area contributed by atoms with Gasteiger partial charge in [-0.25, -0.2) is 0 Å². The van der Waals surface area contributed by atoms with E-state index in [4.69, 9.17) is 29.2 Å². The van der Waals surface area contributed by atoms with Crippen molar-refractivity contribution in [3.63, 3.8) is 0 Å². The minimum absolute atomic E-state index is 0.0952. The van der Waals surface area contributed by atoms with Crippen LogP contribution in [0.25, 0.3) is 0 Å². The van der Waals surface area contributed by atoms with Crippen molar-refractivity contribution in [2.24, 2.45) is 0 Å². The predicted molar refractivity (Wildman–Crippen MR) is 84.1 cm³/mol. The lowest BCUT2D eigenvalue weighted by molar-refractivity contribution is -0.0617. The van der Waals surface area contributed by atoms with E-state index < -0.39 is 0 Å². The van der Waals surface area contributed by atoms with Crippen LogP contribution in [0.1, 0.15) is 46.5 Å². The fourth-order valence-electron chi connectivity index (χ4n) is 2.37. The van der Waals surface area contributed by atoms with Gasteiger partial charge in [-0.15, -0.1) is 0 Å². The van der Waals surface area contributed by atoms with Crippen molar-refractivity contribution in [1.82, 2.24) is 10.2 Å². The Morgan fingerprint density at radius 2 is 2.11 bits per heavy atom. The van der Waals surface area contributed by atoms with Gasteiger partial charge in [0.1, 0.15) is 6.23 Å². The lowest BCUT2D eigenvalue weighted by Gasteiger charge is -2.40. The summed E-state index contributed by atoms with van der Waals surface area (Å²) in [6, 6.07) is 0.153. The van der Waals surface area contributed by atoms with E-state index in [0.29, 0.717) is 0 Å². The van der Waals surface area contributed by atoms with Crippen molar-refractivity contribution in [2.45, 2.75) is 58.7 Å². The third kappa shape index (κ3) is 4.14. The molecule has 0 spiro atoms. The van der Waals surface area contributed by atoms with E-state index in [9.17, 15) is 0 Å². The van der Waals surface area contributed by atoms with Crippen molar-refractivity contribution in [1.29, 1.82) is 0 Å². The second kappa shape index (κ2) is 8.02. The summed E-state index contributed by atoms with van der Waals surface area (Å²) in [6.45, 7) is 7.84. The molecule has 3 nitrogen and oxygen atoms in total. The topological polar surface area (TPSA) is 24.5 Å². The Bertz CT molecular complexity index is 291. The largest absolute Gasteiger partial charge is 0.378 e. The highest BCUT2D eigenvalue weighted by Crippen LogP contribution is 2.21. The molecule has 0 aliphatic carbocycles. The van der Waals surface area contributed by atoms with Gasteiger partial charge in [0.15, 0.2) is 0 Å². The highest BCUT2D eigenvalue weighted by atomic mass is 32.1. The third-order valence-corrected chi connectivity index (χ3v) is 3.83. The first-order valence-corrected chi connectivity index (χ1v) is 7.61. The summed E-state index contributed by atoms with van der Waals surface area (Å²) in [6.07, 6.45) is 4.43. The highest BCUT2D eigenvalue weighted by Gasteiger charge is 2.30. The molecule has 104 valence electrons. The predicted octanol–water partition coefficient (Wildman–Crippen LogP) is 2.88. The quantitative estimate of drug-likeness (QED) is 0.784. The molecule has 0 aromatic rings. The molecule has 0 aromatic carbocycles. The SMILES string of the molecule is CCNC(=S)C(CC)N(C(C)=S)C1CCCCO1. The van der Waals surface area contributed by atoms with Crippen molar-refractivity contribution in [3.05, 3.63) is 0 Å². The normalized spacial score (nSPS) is 21.2. The van der Waals surface area contributed by atoms with E-state index in [1.807, 2.05) is 6.92 Å². The fourth-order valence-corrected chi connectivity index (χ4v) is 3.04. The number of nitrogens with one attached hydrogen (secondary N) is 1. The molecule has 1 aliphatic rings. The Balaban J connectivity index is 2.79. The van der Waals surface area contributed by atoms with E-state index in [1.54, 1.807) is 0 Å². The lowest BCUT2D eigenvalue weighted by atomic mass is 10.1. The highest BCUT2D eigenvalue weighted by molar-refractivity contribution is 7.80. The van der Waals surface area contributed by atoms with Crippen LogP contribution in [0.4, 0.5) is 0 Å². The van der Waals surface area contributed by atoms with E-state index in [2.05, 4.69) is 24.1 Å². The Hall–Kier alpha value is -0.260. The number of hydrogen-bond acceptors (Lipinski definition) is 3. The summed E-state index contributed by atoms with van der Waals surface area (Å²) in [5, 5.41) is 3.25. The van der Waals surface area contributed by atoms with Crippen LogP contribution >= 0.6 is 24.4 Å². The van der Waals surface area contributed by atoms with Crippen molar-refractivity contribution in [2.75, 3.05) is 13.2 Å². The maximum absolute atomic E-state index is 5.86. The monoisotopic (exact) mass is 288 g/mol. The van der Waals surface area contributed by atoms with Crippen LogP contribution in [-0.4, -0.2) is 40.3 Å². The van der Waals surface area contributed by atoms with Gasteiger partial charge in [-0.3, -0.25) is 0 Å². The summed E-state index contributed by atoms with van der Waals surface area (Å²) >= 11 is 10.9. The molecule has 2 atom stereocenters. The number of nitrogens with zero attached hydrogens (tertiary/aromatic N) is 1. The first-order valence-electron chi connectivity index (χ1n) is 6.80. The Morgan fingerprint density at radius 3 is 2.56 bits per heavy atom. The second-order valence-electron chi connectivity index (χ2n) is 4.57. The molecule has 1 fully saturated rings. The number of hydrogen-bond donors (Lipinski definition) is 1. The molecule has 1 saturated heterocycles. The van der Waals surface area contributed by atoms with Gasteiger partial charge < -0.3 is 15.0 Å². The first kappa shape index (κ1) is 15.8. The molecule has 1 aliphatic heterocycles. The Morgan fingerprint density at radius 1 is 1.39 bits per heavy atom. The third-order valence-electron chi connectivity index (χ3n) is 3.21. The molecule has 18 heavy (non-hydrogen) atoms. The minimum atomic E-state index is 0.0952. The van der Waals surface area contributed by atoms with Gasteiger partial charge in [-0.2, -0.15) is 0 Å². The van der Waals surface area contributed by atoms with Gasteiger partial charge in [0, 0.05) is 13.2 Å². The van der Waals surface area contributed by atoms with Crippen LogP contribution in [0.5, 0.6) is 0 Å². The average molecular weight is 288 g/mol. The standard InChI is InChI=1S/C13H24N2OS2/c1-4-11(13(18)14-5-2)15(10(3)17)12-8-6-7-9-16-12/h11-12H,4-9H2,1-3H3,(H,14,18). The van der Waals surface area contributed by atoms with Gasteiger partial charge in [0.25, 0.3) is 0 Å². The second-order valence-corrected chi connectivity index (χ2v) is 5.60. The summed E-state index contributed by atoms with van der Waals surface area (Å²) in [5.74, 6) is 0. The average Bonchev–Trinajstić information content (AvgIpc) is 2.36. The van der Waals surface area contributed by atoms with E-state index in [-0.39, 0.29) is 12.3 Å². The summed E-state index contributed by atoms with van der Waals surface area (Å²) < 4.78 is 5.86.